The Bertz CT molecular complexity index is 798. The molecule has 5 nitrogen and oxygen atoms in total. The maximum Gasteiger partial charge on any atom is 0.129 e. The fraction of sp³-hybridized carbons (Fsp3) is 0.600. The van der Waals surface area contributed by atoms with Crippen LogP contribution in [0.15, 0.2) is 40.8 Å². The molecule has 0 radical (unpaired) electrons. The molecule has 2 aliphatic heterocycles. The number of rotatable bonds is 10. The first-order valence-corrected chi connectivity index (χ1v) is 11.6. The summed E-state index contributed by atoms with van der Waals surface area (Å²) in [7, 11) is 1.68. The topological polar surface area (TPSA) is 38.1 Å². The summed E-state index contributed by atoms with van der Waals surface area (Å²) in [6, 6.07) is 11.2. The normalized spacial score (nSPS) is 20.7. The van der Waals surface area contributed by atoms with Gasteiger partial charge in [0, 0.05) is 38.9 Å². The number of likely N-dealkylation sites (tertiary alicyclic amines) is 1. The summed E-state index contributed by atoms with van der Waals surface area (Å²) in [6.45, 7) is 6.94. The molecule has 1 aromatic heterocycles. The molecule has 0 bridgehead atoms. The predicted octanol–water partition coefficient (Wildman–Crippen LogP) is 4.46. The summed E-state index contributed by atoms with van der Waals surface area (Å²) in [4.78, 5) is 4.88. The van der Waals surface area contributed by atoms with Crippen LogP contribution in [0.3, 0.4) is 0 Å². The van der Waals surface area contributed by atoms with Gasteiger partial charge in [-0.1, -0.05) is 18.2 Å². The minimum absolute atomic E-state index is 0.0985. The van der Waals surface area contributed by atoms with Gasteiger partial charge in [-0.2, -0.15) is 0 Å². The van der Waals surface area contributed by atoms with Gasteiger partial charge in [0.2, 0.25) is 0 Å². The largest absolute Gasteiger partial charge is 0.462 e. The van der Waals surface area contributed by atoms with Crippen LogP contribution in [0.4, 0.5) is 4.39 Å². The monoisotopic (exact) mass is 430 g/mol. The van der Waals surface area contributed by atoms with Crippen molar-refractivity contribution < 1.29 is 18.3 Å². The standard InChI is InChI=1S/C25H35FN2O3/c1-29-19-24-9-8-23(31-24)18-28(17-22-6-4-14-30-22)15-20-10-12-27(13-11-20)16-21-5-2-3-7-25(21)26/h2-3,5,7-9,20,22H,4,6,10-19H2,1H3/t22-/m0/s1. The molecule has 0 saturated carbocycles. The van der Waals surface area contributed by atoms with E-state index in [1.165, 1.54) is 0 Å². The number of nitrogens with zero attached hydrogens (tertiary/aromatic N) is 2. The van der Waals surface area contributed by atoms with Crippen molar-refractivity contribution in [1.82, 2.24) is 9.80 Å². The Morgan fingerprint density at radius 2 is 1.87 bits per heavy atom. The fourth-order valence-corrected chi connectivity index (χ4v) is 4.79. The molecule has 0 spiro atoms. The van der Waals surface area contributed by atoms with Gasteiger partial charge in [0.25, 0.3) is 0 Å². The van der Waals surface area contributed by atoms with E-state index in [1.807, 2.05) is 18.2 Å². The van der Waals surface area contributed by atoms with Gasteiger partial charge < -0.3 is 13.9 Å². The van der Waals surface area contributed by atoms with Crippen LogP contribution in [0.1, 0.15) is 42.8 Å². The Hall–Kier alpha value is -1.73. The van der Waals surface area contributed by atoms with Crippen LogP contribution in [-0.2, 0) is 29.2 Å². The Kier molecular flexibility index (Phi) is 8.14. The third kappa shape index (κ3) is 6.62. The Morgan fingerprint density at radius 1 is 1.06 bits per heavy atom. The predicted molar refractivity (Wildman–Crippen MR) is 118 cm³/mol. The lowest BCUT2D eigenvalue weighted by Crippen LogP contribution is -2.40. The zero-order valence-corrected chi connectivity index (χ0v) is 18.6. The van der Waals surface area contributed by atoms with Crippen molar-refractivity contribution in [2.45, 2.75) is 51.5 Å². The second kappa shape index (κ2) is 11.2. The molecule has 2 fully saturated rings. The highest BCUT2D eigenvalue weighted by Gasteiger charge is 2.25. The summed E-state index contributed by atoms with van der Waals surface area (Å²) in [5.74, 6) is 2.41. The first-order valence-electron chi connectivity index (χ1n) is 11.6. The zero-order chi connectivity index (χ0) is 21.5. The summed E-state index contributed by atoms with van der Waals surface area (Å²) in [5.41, 5.74) is 0.797. The molecule has 1 aromatic carbocycles. The number of hydrogen-bond donors (Lipinski definition) is 0. The van der Waals surface area contributed by atoms with Crippen LogP contribution in [0.5, 0.6) is 0 Å². The number of halogens is 1. The lowest BCUT2D eigenvalue weighted by molar-refractivity contribution is 0.0538. The highest BCUT2D eigenvalue weighted by molar-refractivity contribution is 5.17. The molecule has 0 amide bonds. The van der Waals surface area contributed by atoms with Crippen molar-refractivity contribution in [3.8, 4) is 0 Å². The van der Waals surface area contributed by atoms with Gasteiger partial charge in [0.1, 0.15) is 23.9 Å². The van der Waals surface area contributed by atoms with E-state index in [4.69, 9.17) is 13.9 Å². The van der Waals surface area contributed by atoms with Gasteiger partial charge in [-0.3, -0.25) is 9.80 Å². The lowest BCUT2D eigenvalue weighted by Gasteiger charge is -2.35. The van der Waals surface area contributed by atoms with Gasteiger partial charge in [0.05, 0.1) is 12.6 Å². The highest BCUT2D eigenvalue weighted by Crippen LogP contribution is 2.24. The van der Waals surface area contributed by atoms with Gasteiger partial charge in [-0.05, 0) is 62.9 Å². The van der Waals surface area contributed by atoms with E-state index < -0.39 is 0 Å². The summed E-state index contributed by atoms with van der Waals surface area (Å²) in [5, 5.41) is 0. The number of benzene rings is 1. The van der Waals surface area contributed by atoms with E-state index in [2.05, 4.69) is 15.9 Å². The molecule has 31 heavy (non-hydrogen) atoms. The SMILES string of the molecule is COCc1ccc(CN(CC2CCN(Cc3ccccc3F)CC2)C[C@@H]2CCCO2)o1. The summed E-state index contributed by atoms with van der Waals surface area (Å²) in [6.07, 6.45) is 4.92. The average Bonchev–Trinajstić information content (AvgIpc) is 3.44. The van der Waals surface area contributed by atoms with Gasteiger partial charge in [0.15, 0.2) is 0 Å². The molecule has 2 aromatic rings. The van der Waals surface area contributed by atoms with Crippen molar-refractivity contribution in [2.24, 2.45) is 5.92 Å². The van der Waals surface area contributed by atoms with Crippen molar-refractivity contribution in [2.75, 3.05) is 39.9 Å². The maximum absolute atomic E-state index is 14.0. The van der Waals surface area contributed by atoms with Crippen LogP contribution in [-0.4, -0.2) is 55.8 Å². The van der Waals surface area contributed by atoms with E-state index in [-0.39, 0.29) is 5.82 Å². The first-order chi connectivity index (χ1) is 15.2. The Labute approximate surface area is 185 Å². The van der Waals surface area contributed by atoms with Crippen molar-refractivity contribution in [1.29, 1.82) is 0 Å². The third-order valence-electron chi connectivity index (χ3n) is 6.44. The first kappa shape index (κ1) is 22.5. The number of piperidine rings is 1. The van der Waals surface area contributed by atoms with E-state index in [1.54, 1.807) is 19.2 Å². The maximum atomic E-state index is 14.0. The molecular formula is C25H35FN2O3. The third-order valence-corrected chi connectivity index (χ3v) is 6.44. The average molecular weight is 431 g/mol. The molecule has 170 valence electrons. The molecule has 0 N–H and O–H groups in total. The molecule has 0 unspecified atom stereocenters. The zero-order valence-electron chi connectivity index (χ0n) is 18.6. The van der Waals surface area contributed by atoms with Crippen LogP contribution >= 0.6 is 0 Å². The molecule has 0 aliphatic carbocycles. The Morgan fingerprint density at radius 3 is 2.61 bits per heavy atom. The molecular weight excluding hydrogens is 395 g/mol. The minimum atomic E-state index is -0.0985. The van der Waals surface area contributed by atoms with Gasteiger partial charge in [-0.15, -0.1) is 0 Å². The smallest absolute Gasteiger partial charge is 0.129 e. The van der Waals surface area contributed by atoms with E-state index in [0.29, 0.717) is 25.2 Å². The number of furan rings is 1. The van der Waals surface area contributed by atoms with Crippen LogP contribution in [0.2, 0.25) is 0 Å². The number of methoxy groups -OCH3 is 1. The molecule has 3 heterocycles. The van der Waals surface area contributed by atoms with Crippen LogP contribution in [0.25, 0.3) is 0 Å². The summed E-state index contributed by atoms with van der Waals surface area (Å²) < 4.78 is 31.0. The van der Waals surface area contributed by atoms with Gasteiger partial charge in [-0.25, -0.2) is 4.39 Å². The highest BCUT2D eigenvalue weighted by atomic mass is 19.1. The van der Waals surface area contributed by atoms with E-state index >= 15 is 0 Å². The van der Waals surface area contributed by atoms with Gasteiger partial charge >= 0.3 is 0 Å². The van der Waals surface area contributed by atoms with Crippen molar-refractivity contribution in [3.05, 3.63) is 59.3 Å². The molecule has 2 aliphatic rings. The molecule has 1 atom stereocenters. The number of hydrogen-bond acceptors (Lipinski definition) is 5. The second-order valence-electron chi connectivity index (χ2n) is 8.94. The molecule has 6 heteroatoms. The molecule has 4 rings (SSSR count). The van der Waals surface area contributed by atoms with Crippen molar-refractivity contribution >= 4 is 0 Å². The second-order valence-corrected chi connectivity index (χ2v) is 8.94. The lowest BCUT2D eigenvalue weighted by atomic mass is 9.95. The van der Waals surface area contributed by atoms with Crippen LogP contribution in [0, 0.1) is 11.7 Å². The quantitative estimate of drug-likeness (QED) is 0.556. The van der Waals surface area contributed by atoms with Crippen molar-refractivity contribution in [3.63, 3.8) is 0 Å². The van der Waals surface area contributed by atoms with E-state index in [0.717, 1.165) is 82.1 Å². The van der Waals surface area contributed by atoms with E-state index in [9.17, 15) is 4.39 Å². The summed E-state index contributed by atoms with van der Waals surface area (Å²) >= 11 is 0. The van der Waals surface area contributed by atoms with Crippen LogP contribution < -0.4 is 0 Å². The molecule has 2 saturated heterocycles. The minimum Gasteiger partial charge on any atom is -0.462 e. The number of ether oxygens (including phenoxy) is 2. The fourth-order valence-electron chi connectivity index (χ4n) is 4.79. The Balaban J connectivity index is 1.30.